The minimum absolute atomic E-state index is 0.323. The van der Waals surface area contributed by atoms with E-state index >= 15 is 0 Å². The van der Waals surface area contributed by atoms with Crippen LogP contribution in [0.5, 0.6) is 0 Å². The molecule has 0 spiro atoms. The Labute approximate surface area is 175 Å². The van der Waals surface area contributed by atoms with Gasteiger partial charge in [-0.3, -0.25) is 0 Å². The van der Waals surface area contributed by atoms with Crippen LogP contribution in [0.1, 0.15) is 37.5 Å². The first kappa shape index (κ1) is 24.2. The van der Waals surface area contributed by atoms with E-state index in [9.17, 15) is 0 Å². The second-order valence-corrected chi connectivity index (χ2v) is 45.7. The van der Waals surface area contributed by atoms with Crippen LogP contribution in [-0.4, -0.2) is 9.98 Å². The van der Waals surface area contributed by atoms with Crippen LogP contribution in [0.4, 0.5) is 0 Å². The van der Waals surface area contributed by atoms with Crippen molar-refractivity contribution in [3.8, 4) is 0 Å². The Morgan fingerprint density at radius 1 is 1.00 bits per heavy atom. The molecular weight excluding hydrogens is 499 g/mol. The third kappa shape index (κ3) is 8.05. The molecule has 0 fully saturated rings. The molecular formula is C22H30Cl2GeZr-2. The van der Waals surface area contributed by atoms with Crippen LogP contribution in [0, 0.1) is 13.8 Å². The monoisotopic (exact) mass is 528 g/mol. The molecule has 0 amide bonds. The van der Waals surface area contributed by atoms with E-state index in [0.29, 0.717) is 5.41 Å². The summed E-state index contributed by atoms with van der Waals surface area (Å²) in [5.74, 6) is 4.46. The van der Waals surface area contributed by atoms with Crippen LogP contribution in [0.3, 0.4) is 0 Å². The molecule has 0 unspecified atom stereocenters. The van der Waals surface area contributed by atoms with E-state index in [2.05, 4.69) is 101 Å². The number of rotatable bonds is 0. The number of benzene rings is 1. The first-order valence-electron chi connectivity index (χ1n) is 8.86. The summed E-state index contributed by atoms with van der Waals surface area (Å²) in [5.41, 5.74) is 4.55. The second kappa shape index (κ2) is 11.3. The Kier molecular flexibility index (Phi) is 10.5. The summed E-state index contributed by atoms with van der Waals surface area (Å²) < 4.78 is 0. The Hall–Kier alpha value is 0.186. The normalized spacial score (nSPS) is 10.5. The minimum atomic E-state index is -1.59. The Morgan fingerprint density at radius 2 is 1.58 bits per heavy atom. The third-order valence-corrected chi connectivity index (χ3v) is 38.7. The summed E-state index contributed by atoms with van der Waals surface area (Å²) in [4.78, 5) is 0. The van der Waals surface area contributed by atoms with Crippen molar-refractivity contribution in [3.05, 3.63) is 71.3 Å². The van der Waals surface area contributed by atoms with Crippen LogP contribution in [0.2, 0.25) is 11.5 Å². The molecule has 4 heteroatoms. The zero-order chi connectivity index (χ0) is 19.9. The maximum absolute atomic E-state index is 5.65. The summed E-state index contributed by atoms with van der Waals surface area (Å²) in [6, 6.07) is 19.3. The van der Waals surface area contributed by atoms with Gasteiger partial charge in [0.2, 0.25) is 0 Å². The summed E-state index contributed by atoms with van der Waals surface area (Å²) in [7, 11) is 10.6. The molecule has 0 heterocycles. The quantitative estimate of drug-likeness (QED) is 0.204. The molecule has 26 heavy (non-hydrogen) atoms. The summed E-state index contributed by atoms with van der Waals surface area (Å²) >= 11 is -1.59. The summed E-state index contributed by atoms with van der Waals surface area (Å²) in [5, 5.41) is 2.76. The van der Waals surface area contributed by atoms with E-state index in [1.807, 2.05) is 0 Å². The fourth-order valence-corrected chi connectivity index (χ4v) is 2.39. The fourth-order valence-electron chi connectivity index (χ4n) is 2.39. The van der Waals surface area contributed by atoms with E-state index in [0.717, 1.165) is 0 Å². The predicted octanol–water partition coefficient (Wildman–Crippen LogP) is 8.04. The molecule has 0 N–H and O–H groups in total. The molecule has 3 aromatic carbocycles. The van der Waals surface area contributed by atoms with Gasteiger partial charge < -0.3 is 0 Å². The molecule has 3 aromatic rings. The van der Waals surface area contributed by atoms with Crippen molar-refractivity contribution in [2.45, 2.75) is 51.5 Å². The number of hydrogen-bond acceptors (Lipinski definition) is 0. The van der Waals surface area contributed by atoms with Gasteiger partial charge in [0.05, 0.1) is 0 Å². The van der Waals surface area contributed by atoms with Gasteiger partial charge in [-0.25, -0.2) is 6.07 Å². The van der Waals surface area contributed by atoms with Crippen molar-refractivity contribution in [2.75, 3.05) is 0 Å². The molecule has 0 saturated heterocycles. The van der Waals surface area contributed by atoms with E-state index in [1.54, 1.807) is 0 Å². The van der Waals surface area contributed by atoms with Gasteiger partial charge in [-0.2, -0.15) is 29.3 Å². The molecule has 0 aromatic heterocycles. The maximum atomic E-state index is 5.65. The average molecular weight is 529 g/mol. The molecule has 0 radical (unpaired) electrons. The number of halogens is 2. The van der Waals surface area contributed by atoms with Crippen molar-refractivity contribution in [2.24, 2.45) is 0 Å². The Bertz CT molecular complexity index is 819. The van der Waals surface area contributed by atoms with Crippen LogP contribution < -0.4 is 0 Å². The van der Waals surface area contributed by atoms with Gasteiger partial charge >= 0.3 is 54.8 Å². The molecule has 0 saturated carbocycles. The molecule has 0 aliphatic heterocycles. The molecule has 0 atom stereocenters. The second-order valence-electron chi connectivity index (χ2n) is 7.72. The SMILES string of the molecule is CC(C)(C)c1cc[cH-]c1.Cc1[cH-]c2ccccc2c1C.[CH3][Ge]([CH3])=[Zr]([Cl])[Cl]. The van der Waals surface area contributed by atoms with Gasteiger partial charge in [0, 0.05) is 0 Å². The third-order valence-electron chi connectivity index (χ3n) is 4.23. The Balaban J connectivity index is 0.000000205. The van der Waals surface area contributed by atoms with E-state index < -0.39 is 26.2 Å². The van der Waals surface area contributed by atoms with E-state index in [-0.39, 0.29) is 0 Å². The van der Waals surface area contributed by atoms with E-state index in [1.165, 1.54) is 27.5 Å². The van der Waals surface area contributed by atoms with Gasteiger partial charge in [-0.05, 0) is 0 Å². The molecule has 0 aliphatic carbocycles. The van der Waals surface area contributed by atoms with Gasteiger partial charge in [0.25, 0.3) is 0 Å². The number of aryl methyl sites for hydroxylation is 2. The van der Waals surface area contributed by atoms with Crippen LogP contribution in [-0.2, 0) is 21.7 Å². The van der Waals surface area contributed by atoms with Crippen molar-refractivity contribution in [3.63, 3.8) is 0 Å². The fraction of sp³-hybridized carbons (Fsp3) is 0.364. The van der Waals surface area contributed by atoms with E-state index in [4.69, 9.17) is 17.0 Å². The first-order chi connectivity index (χ1) is 12.0. The van der Waals surface area contributed by atoms with Crippen molar-refractivity contribution in [1.82, 2.24) is 0 Å². The van der Waals surface area contributed by atoms with Crippen LogP contribution >= 0.6 is 17.0 Å². The van der Waals surface area contributed by atoms with Gasteiger partial charge in [-0.1, -0.05) is 46.1 Å². The number of fused-ring (bicyclic) bond motifs is 1. The first-order valence-corrected chi connectivity index (χ1v) is 26.8. The van der Waals surface area contributed by atoms with Gasteiger partial charge in [0.1, 0.15) is 0 Å². The summed E-state index contributed by atoms with van der Waals surface area (Å²) in [6.45, 7) is 11.0. The average Bonchev–Trinajstić information content (AvgIpc) is 3.18. The zero-order valence-corrected chi connectivity index (χ0v) is 23.0. The molecule has 0 aliphatic rings. The number of hydrogen-bond donors (Lipinski definition) is 0. The van der Waals surface area contributed by atoms with Gasteiger partial charge in [-0.15, -0.1) is 40.6 Å². The molecule has 0 nitrogen and oxygen atoms in total. The Morgan fingerprint density at radius 3 is 1.96 bits per heavy atom. The molecule has 3 rings (SSSR count). The van der Waals surface area contributed by atoms with Gasteiger partial charge in [0.15, 0.2) is 0 Å². The van der Waals surface area contributed by atoms with Crippen molar-refractivity contribution in [1.29, 1.82) is 0 Å². The standard InChI is InChI=1S/C11H11.C9H13.C2H6Ge.2ClH.Zr/c1-8-7-10-5-3-4-6-11(10)9(8)2;1-9(2,3)8-6-4-5-7-8;1-3-2;;;/h3-7H,1-2H3;4-7H,1-3H3;1-2H3;2*1H;/q2*-1;;;;+2/p-2. The summed E-state index contributed by atoms with van der Waals surface area (Å²) in [6.07, 6.45) is 0. The molecule has 142 valence electrons. The topological polar surface area (TPSA) is 0 Å². The molecule has 0 bridgehead atoms. The van der Waals surface area contributed by atoms with Crippen molar-refractivity contribution < 1.29 is 16.2 Å². The zero-order valence-electron chi connectivity index (χ0n) is 17.0. The van der Waals surface area contributed by atoms with Crippen molar-refractivity contribution >= 4 is 37.8 Å². The van der Waals surface area contributed by atoms with Crippen LogP contribution in [0.25, 0.3) is 10.8 Å². The predicted molar refractivity (Wildman–Crippen MR) is 119 cm³/mol. The van der Waals surface area contributed by atoms with Crippen LogP contribution in [0.15, 0.2) is 54.6 Å².